The number of hydrogen-bond acceptors (Lipinski definition) is 3. The van der Waals surface area contributed by atoms with Gasteiger partial charge in [-0.25, -0.2) is 0 Å². The van der Waals surface area contributed by atoms with Crippen molar-refractivity contribution >= 4 is 11.4 Å². The van der Waals surface area contributed by atoms with Crippen LogP contribution in [0.4, 0.5) is 11.4 Å². The number of anilines is 2. The van der Waals surface area contributed by atoms with E-state index in [-0.39, 0.29) is 0 Å². The molecule has 0 aliphatic rings. The number of rotatable bonds is 6. The first-order chi connectivity index (χ1) is 9.22. The molecule has 0 unspecified atom stereocenters. The van der Waals surface area contributed by atoms with Crippen LogP contribution in [0, 0.1) is 0 Å². The highest BCUT2D eigenvalue weighted by molar-refractivity contribution is 5.55. The molecule has 0 saturated heterocycles. The minimum Gasteiger partial charge on any atom is -0.381 e. The number of hydrogen-bond donors (Lipinski definition) is 1. The maximum atomic E-state index is 4.16. The molecular weight excluding hydrogens is 236 g/mol. The first kappa shape index (κ1) is 13.5. The van der Waals surface area contributed by atoms with Gasteiger partial charge in [-0.2, -0.15) is 5.10 Å². The largest absolute Gasteiger partial charge is 0.381 e. The lowest BCUT2D eigenvalue weighted by atomic mass is 10.2. The third kappa shape index (κ3) is 3.50. The van der Waals surface area contributed by atoms with Gasteiger partial charge < -0.3 is 10.2 Å². The average Bonchev–Trinajstić information content (AvgIpc) is 2.85. The third-order valence-corrected chi connectivity index (χ3v) is 3.25. The molecule has 0 saturated carbocycles. The summed E-state index contributed by atoms with van der Waals surface area (Å²) in [5.74, 6) is 0. The van der Waals surface area contributed by atoms with E-state index in [1.807, 2.05) is 24.1 Å². The molecule has 1 heterocycles. The number of nitrogens with zero attached hydrogens (tertiary/aromatic N) is 3. The van der Waals surface area contributed by atoms with E-state index in [4.69, 9.17) is 0 Å². The van der Waals surface area contributed by atoms with E-state index < -0.39 is 0 Å². The highest BCUT2D eigenvalue weighted by atomic mass is 15.2. The predicted molar refractivity (Wildman–Crippen MR) is 80.5 cm³/mol. The Bertz CT molecular complexity index is 497. The van der Waals surface area contributed by atoms with Gasteiger partial charge in [0.05, 0.1) is 6.20 Å². The average molecular weight is 258 g/mol. The van der Waals surface area contributed by atoms with Crippen molar-refractivity contribution in [3.05, 3.63) is 42.2 Å². The second-order valence-corrected chi connectivity index (χ2v) is 4.59. The van der Waals surface area contributed by atoms with Crippen molar-refractivity contribution in [2.24, 2.45) is 7.05 Å². The first-order valence-corrected chi connectivity index (χ1v) is 6.79. The summed E-state index contributed by atoms with van der Waals surface area (Å²) in [5, 5.41) is 7.56. The van der Waals surface area contributed by atoms with Crippen LogP contribution >= 0.6 is 0 Å². The van der Waals surface area contributed by atoms with Gasteiger partial charge >= 0.3 is 0 Å². The minimum atomic E-state index is 0.804. The van der Waals surface area contributed by atoms with Crippen LogP contribution in [0.5, 0.6) is 0 Å². The van der Waals surface area contributed by atoms with Crippen LogP contribution in [0.15, 0.2) is 36.7 Å². The van der Waals surface area contributed by atoms with E-state index in [0.29, 0.717) is 0 Å². The Hall–Kier alpha value is -1.97. The van der Waals surface area contributed by atoms with E-state index in [1.165, 1.54) is 11.3 Å². The Kier molecular flexibility index (Phi) is 4.44. The van der Waals surface area contributed by atoms with Gasteiger partial charge in [-0.1, -0.05) is 0 Å². The summed E-state index contributed by atoms with van der Waals surface area (Å²) < 4.78 is 1.82. The maximum Gasteiger partial charge on any atom is 0.0539 e. The van der Waals surface area contributed by atoms with Crippen molar-refractivity contribution in [3.63, 3.8) is 0 Å². The highest BCUT2D eigenvalue weighted by Crippen LogP contribution is 2.18. The molecular formula is C15H22N4. The number of nitrogens with one attached hydrogen (secondary N) is 1. The number of aromatic nitrogens is 2. The summed E-state index contributed by atoms with van der Waals surface area (Å²) in [6.07, 6.45) is 3.91. The molecule has 0 atom stereocenters. The molecule has 2 aromatic rings. The van der Waals surface area contributed by atoms with Crippen molar-refractivity contribution in [1.82, 2.24) is 9.78 Å². The smallest absolute Gasteiger partial charge is 0.0539 e. The van der Waals surface area contributed by atoms with Crippen LogP contribution in [0.2, 0.25) is 0 Å². The molecule has 0 bridgehead atoms. The van der Waals surface area contributed by atoms with E-state index >= 15 is 0 Å². The van der Waals surface area contributed by atoms with Crippen molar-refractivity contribution in [2.45, 2.75) is 20.4 Å². The lowest BCUT2D eigenvalue weighted by Crippen LogP contribution is -2.21. The van der Waals surface area contributed by atoms with Gasteiger partial charge in [0.15, 0.2) is 0 Å². The van der Waals surface area contributed by atoms with Crippen LogP contribution in [0.25, 0.3) is 0 Å². The molecule has 0 radical (unpaired) electrons. The van der Waals surface area contributed by atoms with Crippen molar-refractivity contribution in [2.75, 3.05) is 23.3 Å². The summed E-state index contributed by atoms with van der Waals surface area (Å²) in [6.45, 7) is 7.24. The zero-order valence-electron chi connectivity index (χ0n) is 11.9. The number of aryl methyl sites for hydroxylation is 1. The fraction of sp³-hybridized carbons (Fsp3) is 0.400. The van der Waals surface area contributed by atoms with Crippen LogP contribution < -0.4 is 10.2 Å². The van der Waals surface area contributed by atoms with Crippen molar-refractivity contribution in [1.29, 1.82) is 0 Å². The van der Waals surface area contributed by atoms with E-state index in [9.17, 15) is 0 Å². The standard InChI is InChI=1S/C15H22N4/c1-4-19(5-2)15-8-6-14(7-9-15)16-10-13-11-17-18(3)12-13/h6-9,11-12,16H,4-5,10H2,1-3H3. The summed E-state index contributed by atoms with van der Waals surface area (Å²) in [6, 6.07) is 8.59. The predicted octanol–water partition coefficient (Wildman–Crippen LogP) is 2.88. The molecule has 1 N–H and O–H groups in total. The van der Waals surface area contributed by atoms with Gasteiger partial charge in [0.2, 0.25) is 0 Å². The zero-order valence-corrected chi connectivity index (χ0v) is 11.9. The summed E-state index contributed by atoms with van der Waals surface area (Å²) >= 11 is 0. The molecule has 102 valence electrons. The topological polar surface area (TPSA) is 33.1 Å². The van der Waals surface area contributed by atoms with Gasteiger partial charge in [0.1, 0.15) is 0 Å². The molecule has 0 aliphatic heterocycles. The van der Waals surface area contributed by atoms with Gasteiger partial charge in [0.25, 0.3) is 0 Å². The molecule has 1 aromatic carbocycles. The van der Waals surface area contributed by atoms with Crippen LogP contribution in [0.1, 0.15) is 19.4 Å². The third-order valence-electron chi connectivity index (χ3n) is 3.25. The maximum absolute atomic E-state index is 4.16. The SMILES string of the molecule is CCN(CC)c1ccc(NCc2cnn(C)c2)cc1. The Morgan fingerprint density at radius 2 is 1.84 bits per heavy atom. The fourth-order valence-electron chi connectivity index (χ4n) is 2.15. The summed E-state index contributed by atoms with van der Waals surface area (Å²) in [4.78, 5) is 2.34. The normalized spacial score (nSPS) is 10.5. The summed E-state index contributed by atoms with van der Waals surface area (Å²) in [7, 11) is 1.93. The van der Waals surface area contributed by atoms with Crippen LogP contribution in [-0.4, -0.2) is 22.9 Å². The lowest BCUT2D eigenvalue weighted by molar-refractivity contribution is 0.767. The molecule has 0 amide bonds. The number of benzene rings is 1. The molecule has 4 nitrogen and oxygen atoms in total. The van der Waals surface area contributed by atoms with Gasteiger partial charge in [-0.05, 0) is 38.1 Å². The second kappa shape index (κ2) is 6.27. The molecule has 19 heavy (non-hydrogen) atoms. The van der Waals surface area contributed by atoms with Crippen LogP contribution in [-0.2, 0) is 13.6 Å². The Balaban J connectivity index is 1.95. The molecule has 0 fully saturated rings. The van der Waals surface area contributed by atoms with Crippen molar-refractivity contribution < 1.29 is 0 Å². The molecule has 2 rings (SSSR count). The van der Waals surface area contributed by atoms with E-state index in [0.717, 1.165) is 25.3 Å². The zero-order chi connectivity index (χ0) is 13.7. The minimum absolute atomic E-state index is 0.804. The van der Waals surface area contributed by atoms with E-state index in [2.05, 4.69) is 53.4 Å². The Labute approximate surface area is 115 Å². The fourth-order valence-corrected chi connectivity index (χ4v) is 2.15. The highest BCUT2D eigenvalue weighted by Gasteiger charge is 2.01. The Morgan fingerprint density at radius 1 is 1.16 bits per heavy atom. The Morgan fingerprint density at radius 3 is 2.37 bits per heavy atom. The second-order valence-electron chi connectivity index (χ2n) is 4.59. The van der Waals surface area contributed by atoms with Gasteiger partial charge in [-0.15, -0.1) is 0 Å². The molecule has 1 aromatic heterocycles. The first-order valence-electron chi connectivity index (χ1n) is 6.79. The lowest BCUT2D eigenvalue weighted by Gasteiger charge is -2.21. The molecule has 4 heteroatoms. The monoisotopic (exact) mass is 258 g/mol. The van der Waals surface area contributed by atoms with Crippen molar-refractivity contribution in [3.8, 4) is 0 Å². The van der Waals surface area contributed by atoms with E-state index in [1.54, 1.807) is 0 Å². The summed E-state index contributed by atoms with van der Waals surface area (Å²) in [5.41, 5.74) is 3.60. The molecule has 0 aliphatic carbocycles. The quantitative estimate of drug-likeness (QED) is 0.865. The molecule has 0 spiro atoms. The van der Waals surface area contributed by atoms with Gasteiger partial charge in [0, 0.05) is 49.8 Å². The van der Waals surface area contributed by atoms with Crippen LogP contribution in [0.3, 0.4) is 0 Å². The van der Waals surface area contributed by atoms with Gasteiger partial charge in [-0.3, -0.25) is 4.68 Å².